The first-order valence-electron chi connectivity index (χ1n) is 14.2. The van der Waals surface area contributed by atoms with E-state index < -0.39 is 0 Å². The molecule has 0 fully saturated rings. The second-order valence-electron chi connectivity index (χ2n) is 12.3. The predicted octanol–water partition coefficient (Wildman–Crippen LogP) is 8.08. The summed E-state index contributed by atoms with van der Waals surface area (Å²) in [7, 11) is 0. The standard InChI is InChI=1S/C36H34N3O/c1-6-29-25-12-8-7-11-24(25)27-15-16-30-33(35-28(21-37-30)26-13-9-10-14-32(26)40-35)31-19-23(20-36(3,4)5)17-18-39(31)22(2)34(27)38-29/h6-14,17-19,21,27,34H,1-2,15-16,20H2,3-5H3/q+1. The van der Waals surface area contributed by atoms with Gasteiger partial charge >= 0.3 is 0 Å². The van der Waals surface area contributed by atoms with E-state index in [9.17, 15) is 0 Å². The van der Waals surface area contributed by atoms with Crippen molar-refractivity contribution in [2.45, 2.75) is 52.0 Å². The molecule has 2 unspecified atom stereocenters. The summed E-state index contributed by atoms with van der Waals surface area (Å²) in [5.74, 6) is 0.182. The molecule has 0 aliphatic carbocycles. The van der Waals surface area contributed by atoms with Crippen LogP contribution in [-0.2, 0) is 12.8 Å². The maximum absolute atomic E-state index is 6.61. The summed E-state index contributed by atoms with van der Waals surface area (Å²) in [4.78, 5) is 10.4. The van der Waals surface area contributed by atoms with Crippen molar-refractivity contribution in [2.75, 3.05) is 0 Å². The van der Waals surface area contributed by atoms with E-state index in [1.165, 1.54) is 11.1 Å². The highest BCUT2D eigenvalue weighted by atomic mass is 16.3. The number of aromatic nitrogens is 2. The molecule has 0 bridgehead atoms. The summed E-state index contributed by atoms with van der Waals surface area (Å²) < 4.78 is 8.84. The third-order valence-corrected chi connectivity index (χ3v) is 8.34. The molecule has 0 N–H and O–H groups in total. The average molecular weight is 525 g/mol. The zero-order valence-corrected chi connectivity index (χ0v) is 23.4. The summed E-state index contributed by atoms with van der Waals surface area (Å²) in [6, 6.07) is 21.3. The number of rotatable bonds is 2. The molecule has 5 aromatic rings. The molecule has 4 nitrogen and oxygen atoms in total. The predicted molar refractivity (Wildman–Crippen MR) is 164 cm³/mol. The number of hydrogen-bond donors (Lipinski definition) is 0. The lowest BCUT2D eigenvalue weighted by molar-refractivity contribution is -0.572. The highest BCUT2D eigenvalue weighted by Gasteiger charge is 2.39. The number of para-hydroxylation sites is 1. The molecule has 2 aliphatic heterocycles. The molecule has 0 saturated heterocycles. The van der Waals surface area contributed by atoms with Crippen LogP contribution in [0.25, 0.3) is 38.9 Å². The van der Waals surface area contributed by atoms with Crippen LogP contribution in [0.5, 0.6) is 0 Å². The van der Waals surface area contributed by atoms with Gasteiger partial charge in [0.2, 0.25) is 11.4 Å². The van der Waals surface area contributed by atoms with Crippen LogP contribution in [0.2, 0.25) is 0 Å². The summed E-state index contributed by atoms with van der Waals surface area (Å²) in [5.41, 5.74) is 10.7. The Morgan fingerprint density at radius 2 is 1.85 bits per heavy atom. The molecule has 2 aliphatic rings. The molecule has 3 aromatic heterocycles. The van der Waals surface area contributed by atoms with Gasteiger partial charge in [-0.1, -0.05) is 69.8 Å². The smallest absolute Gasteiger partial charge is 0.224 e. The third-order valence-electron chi connectivity index (χ3n) is 8.34. The Balaban J connectivity index is 1.52. The van der Waals surface area contributed by atoms with Crippen molar-refractivity contribution in [3.05, 3.63) is 115 Å². The fourth-order valence-corrected chi connectivity index (χ4v) is 6.63. The van der Waals surface area contributed by atoms with E-state index >= 15 is 0 Å². The first-order chi connectivity index (χ1) is 19.3. The largest absolute Gasteiger partial charge is 0.455 e. The van der Waals surface area contributed by atoms with Gasteiger partial charge < -0.3 is 4.42 Å². The first kappa shape index (κ1) is 24.7. The number of allylic oxidation sites excluding steroid dienone is 1. The lowest BCUT2D eigenvalue weighted by Gasteiger charge is -2.30. The average Bonchev–Trinajstić information content (AvgIpc) is 3.34. The van der Waals surface area contributed by atoms with E-state index in [1.54, 1.807) is 0 Å². The van der Waals surface area contributed by atoms with Crippen molar-refractivity contribution < 1.29 is 8.98 Å². The molecule has 40 heavy (non-hydrogen) atoms. The second kappa shape index (κ2) is 9.12. The van der Waals surface area contributed by atoms with Crippen molar-refractivity contribution in [1.29, 1.82) is 0 Å². The molecule has 2 atom stereocenters. The van der Waals surface area contributed by atoms with E-state index in [-0.39, 0.29) is 17.4 Å². The van der Waals surface area contributed by atoms with E-state index in [2.05, 4.69) is 86.6 Å². The van der Waals surface area contributed by atoms with Crippen molar-refractivity contribution in [2.24, 2.45) is 10.4 Å². The number of nitrogens with zero attached hydrogens (tertiary/aromatic N) is 3. The number of hydrogen-bond acceptors (Lipinski definition) is 3. The van der Waals surface area contributed by atoms with Crippen LogP contribution in [0.1, 0.15) is 55.5 Å². The van der Waals surface area contributed by atoms with Gasteiger partial charge in [-0.25, -0.2) is 0 Å². The molecule has 0 spiro atoms. The molecule has 7 rings (SSSR count). The van der Waals surface area contributed by atoms with Crippen LogP contribution in [-0.4, -0.2) is 16.7 Å². The van der Waals surface area contributed by atoms with E-state index in [0.29, 0.717) is 0 Å². The maximum atomic E-state index is 6.61. The molecular formula is C36H34N3O+. The number of pyridine rings is 2. The maximum Gasteiger partial charge on any atom is 0.224 e. The normalized spacial score (nSPS) is 18.6. The van der Waals surface area contributed by atoms with Gasteiger partial charge in [-0.15, -0.1) is 0 Å². The quantitative estimate of drug-likeness (QED) is 0.219. The Morgan fingerprint density at radius 3 is 2.67 bits per heavy atom. The van der Waals surface area contributed by atoms with Gasteiger partial charge in [0.25, 0.3) is 0 Å². The molecule has 5 heterocycles. The Morgan fingerprint density at radius 1 is 1.05 bits per heavy atom. The SMILES string of the molecule is C=CC1=NC2C(=C)[n+]3ccc(CC(C)(C)C)cc3-c3c(ncc4c3oc3ccccc34)CCC2c2ccccc21. The van der Waals surface area contributed by atoms with Crippen molar-refractivity contribution in [3.63, 3.8) is 0 Å². The number of aliphatic imine (C=N–C) groups is 1. The van der Waals surface area contributed by atoms with Gasteiger partial charge in [-0.05, 0) is 54.5 Å². The highest BCUT2D eigenvalue weighted by Crippen LogP contribution is 2.42. The Kier molecular flexibility index (Phi) is 5.64. The van der Waals surface area contributed by atoms with Gasteiger partial charge in [0.05, 0.1) is 11.4 Å². The molecule has 0 amide bonds. The lowest BCUT2D eigenvalue weighted by Crippen LogP contribution is -2.42. The van der Waals surface area contributed by atoms with E-state index in [4.69, 9.17) is 21.0 Å². The topological polar surface area (TPSA) is 42.3 Å². The zero-order chi connectivity index (χ0) is 27.6. The van der Waals surface area contributed by atoms with Crippen LogP contribution >= 0.6 is 0 Å². The van der Waals surface area contributed by atoms with E-state index in [1.807, 2.05) is 24.4 Å². The summed E-state index contributed by atoms with van der Waals surface area (Å²) in [6.45, 7) is 15.6. The number of fused-ring (bicyclic) bond motifs is 10. The molecule has 2 aromatic carbocycles. The van der Waals surface area contributed by atoms with Gasteiger partial charge in [0.1, 0.15) is 17.2 Å². The molecule has 198 valence electrons. The van der Waals surface area contributed by atoms with Crippen LogP contribution < -0.4 is 4.57 Å². The minimum atomic E-state index is -0.111. The van der Waals surface area contributed by atoms with E-state index in [0.717, 1.165) is 75.1 Å². The van der Waals surface area contributed by atoms with Gasteiger partial charge in [-0.2, -0.15) is 4.57 Å². The number of benzene rings is 2. The van der Waals surface area contributed by atoms with Crippen LogP contribution in [0, 0.1) is 5.41 Å². The van der Waals surface area contributed by atoms with Crippen molar-refractivity contribution in [1.82, 2.24) is 4.98 Å². The van der Waals surface area contributed by atoms with Gasteiger partial charge in [0, 0.05) is 40.6 Å². The molecule has 0 saturated carbocycles. The third kappa shape index (κ3) is 3.93. The molecule has 0 radical (unpaired) electrons. The lowest BCUT2D eigenvalue weighted by atomic mass is 9.80. The van der Waals surface area contributed by atoms with Gasteiger partial charge in [-0.3, -0.25) is 9.98 Å². The molecule has 4 heteroatoms. The van der Waals surface area contributed by atoms with Crippen LogP contribution in [0.15, 0.2) is 102 Å². The number of aryl methyl sites for hydroxylation is 1. The Bertz CT molecular complexity index is 1870. The molecular weight excluding hydrogens is 490 g/mol. The Labute approximate surface area is 235 Å². The van der Waals surface area contributed by atoms with Crippen LogP contribution in [0.4, 0.5) is 0 Å². The fraction of sp³-hybridized carbons (Fsp3) is 0.250. The Hall–Kier alpha value is -4.31. The minimum absolute atomic E-state index is 0.111. The summed E-state index contributed by atoms with van der Waals surface area (Å²) in [5, 5.41) is 2.13. The van der Waals surface area contributed by atoms with Crippen molar-refractivity contribution >= 4 is 33.3 Å². The van der Waals surface area contributed by atoms with Crippen LogP contribution in [0.3, 0.4) is 0 Å². The van der Waals surface area contributed by atoms with Gasteiger partial charge in [0.15, 0.2) is 11.8 Å². The first-order valence-corrected chi connectivity index (χ1v) is 14.2. The number of furan rings is 1. The zero-order valence-electron chi connectivity index (χ0n) is 23.4. The summed E-state index contributed by atoms with van der Waals surface area (Å²) in [6.07, 6.45) is 8.73. The monoisotopic (exact) mass is 524 g/mol. The second-order valence-corrected chi connectivity index (χ2v) is 12.3. The summed E-state index contributed by atoms with van der Waals surface area (Å²) >= 11 is 0. The minimum Gasteiger partial charge on any atom is -0.455 e. The fourth-order valence-electron chi connectivity index (χ4n) is 6.63. The highest BCUT2D eigenvalue weighted by molar-refractivity contribution is 6.11. The van der Waals surface area contributed by atoms with Crippen molar-refractivity contribution in [3.8, 4) is 11.3 Å².